The maximum atomic E-state index is 3.37. The van der Waals surface area contributed by atoms with E-state index in [9.17, 15) is 0 Å². The lowest BCUT2D eigenvalue weighted by atomic mass is 10.2. The molecule has 46 valence electrons. The zero-order chi connectivity index (χ0) is 6.10. The van der Waals surface area contributed by atoms with Crippen molar-refractivity contribution in [2.24, 2.45) is 0 Å². The number of fused-ring (bicyclic) bond motifs is 2. The van der Waals surface area contributed by atoms with Crippen molar-refractivity contribution < 1.29 is 0 Å². The van der Waals surface area contributed by atoms with Gasteiger partial charge in [-0.3, -0.25) is 5.32 Å². The van der Waals surface area contributed by atoms with Gasteiger partial charge in [0.25, 0.3) is 0 Å². The van der Waals surface area contributed by atoms with Gasteiger partial charge in [0.05, 0.1) is 0 Å². The fourth-order valence-electron chi connectivity index (χ4n) is 1.18. The van der Waals surface area contributed by atoms with E-state index in [0.29, 0.717) is 12.1 Å². The van der Waals surface area contributed by atoms with Crippen molar-refractivity contribution in [3.05, 3.63) is 36.5 Å². The van der Waals surface area contributed by atoms with E-state index in [1.807, 2.05) is 0 Å². The molecule has 0 saturated heterocycles. The molecular weight excluding hydrogens is 110 g/mol. The summed E-state index contributed by atoms with van der Waals surface area (Å²) in [5.74, 6) is 0. The van der Waals surface area contributed by atoms with Crippen LogP contribution >= 0.6 is 0 Å². The van der Waals surface area contributed by atoms with Crippen LogP contribution in [-0.4, -0.2) is 12.1 Å². The van der Waals surface area contributed by atoms with E-state index < -0.39 is 0 Å². The maximum absolute atomic E-state index is 3.37. The van der Waals surface area contributed by atoms with Crippen LogP contribution in [0.15, 0.2) is 36.5 Å². The van der Waals surface area contributed by atoms with Crippen LogP contribution in [0.3, 0.4) is 0 Å². The van der Waals surface area contributed by atoms with Gasteiger partial charge in [0.2, 0.25) is 0 Å². The van der Waals surface area contributed by atoms with E-state index >= 15 is 0 Å². The molecular formula is C8H9N. The molecule has 2 bridgehead atoms. The highest BCUT2D eigenvalue weighted by Crippen LogP contribution is 2.08. The predicted molar refractivity (Wildman–Crippen MR) is 38.1 cm³/mol. The van der Waals surface area contributed by atoms with E-state index in [2.05, 4.69) is 41.8 Å². The third-order valence-electron chi connectivity index (χ3n) is 1.66. The molecule has 0 fully saturated rings. The van der Waals surface area contributed by atoms with Gasteiger partial charge in [0, 0.05) is 12.1 Å². The second-order valence-corrected chi connectivity index (χ2v) is 2.37. The summed E-state index contributed by atoms with van der Waals surface area (Å²) in [4.78, 5) is 0. The minimum Gasteiger partial charge on any atom is -0.297 e. The molecule has 1 heteroatoms. The zero-order valence-electron chi connectivity index (χ0n) is 5.12. The number of nitrogens with one attached hydrogen (secondary N) is 1. The molecule has 2 rings (SSSR count). The van der Waals surface area contributed by atoms with Gasteiger partial charge in [0.1, 0.15) is 0 Å². The predicted octanol–water partition coefficient (Wildman–Crippen LogP) is 1.01. The van der Waals surface area contributed by atoms with Gasteiger partial charge in [-0.25, -0.2) is 0 Å². The molecule has 9 heavy (non-hydrogen) atoms. The minimum atomic E-state index is 0.477. The highest BCUT2D eigenvalue weighted by atomic mass is 15.0. The van der Waals surface area contributed by atoms with E-state index in [0.717, 1.165) is 0 Å². The molecule has 2 aliphatic rings. The van der Waals surface area contributed by atoms with Crippen molar-refractivity contribution in [1.82, 2.24) is 5.32 Å². The van der Waals surface area contributed by atoms with Crippen LogP contribution in [0.4, 0.5) is 0 Å². The average molecular weight is 119 g/mol. The van der Waals surface area contributed by atoms with Gasteiger partial charge in [-0.05, 0) is 0 Å². The van der Waals surface area contributed by atoms with Crippen LogP contribution in [0.2, 0.25) is 0 Å². The Balaban J connectivity index is 2.31. The lowest BCUT2D eigenvalue weighted by molar-refractivity contribution is 0.708. The summed E-state index contributed by atoms with van der Waals surface area (Å²) in [5, 5.41) is 3.37. The average Bonchev–Trinajstić information content (AvgIpc) is 2.09. The Kier molecular flexibility index (Phi) is 1.03. The number of allylic oxidation sites excluding steroid dienone is 2. The highest BCUT2D eigenvalue weighted by Gasteiger charge is 2.12. The van der Waals surface area contributed by atoms with Crippen molar-refractivity contribution in [3.63, 3.8) is 0 Å². The van der Waals surface area contributed by atoms with E-state index in [4.69, 9.17) is 0 Å². The van der Waals surface area contributed by atoms with Crippen molar-refractivity contribution in [1.29, 1.82) is 0 Å². The van der Waals surface area contributed by atoms with Gasteiger partial charge in [0.15, 0.2) is 0 Å². The Morgan fingerprint density at radius 2 is 1.33 bits per heavy atom. The molecule has 0 aromatic carbocycles. The topological polar surface area (TPSA) is 12.0 Å². The summed E-state index contributed by atoms with van der Waals surface area (Å²) < 4.78 is 0. The van der Waals surface area contributed by atoms with Crippen LogP contribution in [0.1, 0.15) is 0 Å². The lowest BCUT2D eigenvalue weighted by Gasteiger charge is -2.03. The monoisotopic (exact) mass is 119 g/mol. The fourth-order valence-corrected chi connectivity index (χ4v) is 1.18. The van der Waals surface area contributed by atoms with E-state index in [1.165, 1.54) is 0 Å². The van der Waals surface area contributed by atoms with Gasteiger partial charge >= 0.3 is 0 Å². The van der Waals surface area contributed by atoms with Crippen molar-refractivity contribution in [3.8, 4) is 0 Å². The Morgan fingerprint density at radius 1 is 0.778 bits per heavy atom. The van der Waals surface area contributed by atoms with Gasteiger partial charge < -0.3 is 0 Å². The second-order valence-electron chi connectivity index (χ2n) is 2.37. The third-order valence-corrected chi connectivity index (χ3v) is 1.66. The van der Waals surface area contributed by atoms with Crippen molar-refractivity contribution in [2.45, 2.75) is 12.1 Å². The largest absolute Gasteiger partial charge is 0.297 e. The van der Waals surface area contributed by atoms with E-state index in [1.54, 1.807) is 0 Å². The van der Waals surface area contributed by atoms with Gasteiger partial charge in [-0.15, -0.1) is 0 Å². The maximum Gasteiger partial charge on any atom is 0.0446 e. The molecule has 0 unspecified atom stereocenters. The SMILES string of the molecule is C1=C[C@@H]2C=C[C@H](C=C1)N2. The summed E-state index contributed by atoms with van der Waals surface area (Å²) in [7, 11) is 0. The molecule has 0 aromatic heterocycles. The smallest absolute Gasteiger partial charge is 0.0446 e. The number of hydrogen-bond donors (Lipinski definition) is 1. The first-order valence-electron chi connectivity index (χ1n) is 3.24. The minimum absolute atomic E-state index is 0.477. The first-order chi connectivity index (χ1) is 4.45. The van der Waals surface area contributed by atoms with Crippen LogP contribution in [0.25, 0.3) is 0 Å². The summed E-state index contributed by atoms with van der Waals surface area (Å²) in [6, 6.07) is 0.954. The van der Waals surface area contributed by atoms with Crippen molar-refractivity contribution in [2.75, 3.05) is 0 Å². The van der Waals surface area contributed by atoms with Crippen LogP contribution in [-0.2, 0) is 0 Å². The fraction of sp³-hybridized carbons (Fsp3) is 0.250. The molecule has 0 aromatic rings. The molecule has 0 radical (unpaired) electrons. The molecule has 0 amide bonds. The second kappa shape index (κ2) is 1.85. The summed E-state index contributed by atoms with van der Waals surface area (Å²) in [6.07, 6.45) is 12.8. The lowest BCUT2D eigenvalue weighted by Crippen LogP contribution is -2.26. The molecule has 0 spiro atoms. The Bertz CT molecular complexity index is 169. The summed E-state index contributed by atoms with van der Waals surface area (Å²) in [6.45, 7) is 0. The Morgan fingerprint density at radius 3 is 1.89 bits per heavy atom. The molecule has 1 nitrogen and oxygen atoms in total. The van der Waals surface area contributed by atoms with Crippen molar-refractivity contribution >= 4 is 0 Å². The molecule has 1 N–H and O–H groups in total. The number of rotatable bonds is 0. The summed E-state index contributed by atoms with van der Waals surface area (Å²) in [5.41, 5.74) is 0. The standard InChI is InChI=1S/C8H9N/c1-2-4-8-6-5-7(3-1)9-8/h1-9H/t7-,8+. The first kappa shape index (κ1) is 5.00. The number of hydrogen-bond acceptors (Lipinski definition) is 1. The third kappa shape index (κ3) is 0.836. The van der Waals surface area contributed by atoms with Crippen LogP contribution in [0.5, 0.6) is 0 Å². The Hall–Kier alpha value is -0.820. The zero-order valence-corrected chi connectivity index (χ0v) is 5.12. The molecule has 0 aliphatic carbocycles. The highest BCUT2D eigenvalue weighted by molar-refractivity contribution is 5.27. The van der Waals surface area contributed by atoms with Gasteiger partial charge in [-0.1, -0.05) is 36.5 Å². The van der Waals surface area contributed by atoms with E-state index in [-0.39, 0.29) is 0 Å². The van der Waals surface area contributed by atoms with Gasteiger partial charge in [-0.2, -0.15) is 0 Å². The molecule has 0 saturated carbocycles. The quantitative estimate of drug-likeness (QED) is 0.469. The van der Waals surface area contributed by atoms with Crippen LogP contribution in [0, 0.1) is 0 Å². The van der Waals surface area contributed by atoms with Crippen LogP contribution < -0.4 is 5.32 Å². The molecule has 2 heterocycles. The summed E-state index contributed by atoms with van der Waals surface area (Å²) >= 11 is 0. The molecule has 2 atom stereocenters. The normalized spacial score (nSPS) is 37.3. The molecule has 2 aliphatic heterocycles. The first-order valence-corrected chi connectivity index (χ1v) is 3.24. The Labute approximate surface area is 54.8 Å².